The number of rotatable bonds is 4. The summed E-state index contributed by atoms with van der Waals surface area (Å²) < 4.78 is 0. The molecule has 0 N–H and O–H groups in total. The molecule has 3 rings (SSSR count). The van der Waals surface area contributed by atoms with Gasteiger partial charge in [-0.3, -0.25) is 9.69 Å². The van der Waals surface area contributed by atoms with Gasteiger partial charge in [0.15, 0.2) is 5.78 Å². The van der Waals surface area contributed by atoms with Crippen LogP contribution in [0.1, 0.15) is 45.1 Å². The molecular formula is C19H25NO. The second-order valence-corrected chi connectivity index (χ2v) is 6.84. The van der Waals surface area contributed by atoms with Gasteiger partial charge in [0.05, 0.1) is 0 Å². The third kappa shape index (κ3) is 3.26. The molecule has 0 amide bonds. The smallest absolute Gasteiger partial charge is 0.158 e. The fourth-order valence-corrected chi connectivity index (χ4v) is 3.96. The molecular weight excluding hydrogens is 258 g/mol. The van der Waals surface area contributed by atoms with Gasteiger partial charge in [-0.15, -0.1) is 0 Å². The van der Waals surface area contributed by atoms with Gasteiger partial charge < -0.3 is 0 Å². The average Bonchev–Trinajstić information content (AvgIpc) is 2.70. The number of carbonyl (C=O) groups is 1. The van der Waals surface area contributed by atoms with E-state index in [4.69, 9.17) is 0 Å². The molecule has 2 saturated heterocycles. The third-order valence-electron chi connectivity index (χ3n) is 4.93. The topological polar surface area (TPSA) is 20.3 Å². The Morgan fingerprint density at radius 2 is 1.76 bits per heavy atom. The lowest BCUT2D eigenvalue weighted by Crippen LogP contribution is -2.43. The first-order valence-electron chi connectivity index (χ1n) is 8.12. The molecule has 0 aromatic heterocycles. The first-order valence-corrected chi connectivity index (χ1v) is 8.12. The maximum atomic E-state index is 12.3. The Morgan fingerprint density at radius 1 is 1.14 bits per heavy atom. The van der Waals surface area contributed by atoms with Crippen molar-refractivity contribution >= 4 is 5.78 Å². The average molecular weight is 283 g/mol. The fourth-order valence-electron chi connectivity index (χ4n) is 3.96. The molecule has 2 heteroatoms. The molecule has 2 aliphatic rings. The van der Waals surface area contributed by atoms with E-state index < -0.39 is 0 Å². The number of hydrogen-bond acceptors (Lipinski definition) is 2. The van der Waals surface area contributed by atoms with Crippen LogP contribution in [0.25, 0.3) is 0 Å². The number of benzene rings is 1. The Balaban J connectivity index is 1.67. The van der Waals surface area contributed by atoms with Crippen LogP contribution in [0.3, 0.4) is 0 Å². The summed E-state index contributed by atoms with van der Waals surface area (Å²) in [6.07, 6.45) is 6.46. The normalized spacial score (nSPS) is 28.4. The SMILES string of the molecule is CC(C)=CC(=O)C1CC2CCC(C1)N2Cc1ccccc1. The van der Waals surface area contributed by atoms with Crippen LogP contribution in [0, 0.1) is 5.92 Å². The van der Waals surface area contributed by atoms with Gasteiger partial charge in [0, 0.05) is 24.5 Å². The highest BCUT2D eigenvalue weighted by Crippen LogP contribution is 2.40. The number of nitrogens with zero attached hydrogens (tertiary/aromatic N) is 1. The van der Waals surface area contributed by atoms with E-state index >= 15 is 0 Å². The van der Waals surface area contributed by atoms with Crippen molar-refractivity contribution in [2.24, 2.45) is 5.92 Å². The first-order chi connectivity index (χ1) is 10.1. The summed E-state index contributed by atoms with van der Waals surface area (Å²) in [7, 11) is 0. The van der Waals surface area contributed by atoms with Crippen LogP contribution in [-0.2, 0) is 11.3 Å². The lowest BCUT2D eigenvalue weighted by molar-refractivity contribution is -0.120. The van der Waals surface area contributed by atoms with Gasteiger partial charge in [-0.1, -0.05) is 35.9 Å². The summed E-state index contributed by atoms with van der Waals surface area (Å²) in [6.45, 7) is 5.06. The van der Waals surface area contributed by atoms with E-state index in [9.17, 15) is 4.79 Å². The standard InChI is InChI=1S/C19H25NO/c1-14(2)10-19(21)16-11-17-8-9-18(12-16)20(17)13-15-6-4-3-5-7-15/h3-7,10,16-18H,8-9,11-13H2,1-2H3. The van der Waals surface area contributed by atoms with Crippen LogP contribution in [-0.4, -0.2) is 22.8 Å². The minimum absolute atomic E-state index is 0.254. The van der Waals surface area contributed by atoms with Crippen molar-refractivity contribution in [2.45, 2.75) is 58.2 Å². The quantitative estimate of drug-likeness (QED) is 0.779. The van der Waals surface area contributed by atoms with Crippen LogP contribution in [0.4, 0.5) is 0 Å². The first kappa shape index (κ1) is 14.5. The number of carbonyl (C=O) groups excluding carboxylic acids is 1. The second-order valence-electron chi connectivity index (χ2n) is 6.84. The molecule has 21 heavy (non-hydrogen) atoms. The van der Waals surface area contributed by atoms with E-state index in [1.165, 1.54) is 18.4 Å². The summed E-state index contributed by atoms with van der Waals surface area (Å²) in [5, 5.41) is 0. The van der Waals surface area contributed by atoms with E-state index in [2.05, 4.69) is 35.2 Å². The summed E-state index contributed by atoms with van der Waals surface area (Å²) in [4.78, 5) is 14.9. The van der Waals surface area contributed by atoms with Gasteiger partial charge in [0.2, 0.25) is 0 Å². The van der Waals surface area contributed by atoms with E-state index in [0.29, 0.717) is 17.9 Å². The van der Waals surface area contributed by atoms with Gasteiger partial charge in [-0.2, -0.15) is 0 Å². The van der Waals surface area contributed by atoms with Gasteiger partial charge in [0.25, 0.3) is 0 Å². The summed E-state index contributed by atoms with van der Waals surface area (Å²) in [6, 6.07) is 11.9. The largest absolute Gasteiger partial charge is 0.295 e. The molecule has 2 atom stereocenters. The van der Waals surface area contributed by atoms with E-state index in [-0.39, 0.29) is 5.92 Å². The molecule has 2 aliphatic heterocycles. The van der Waals surface area contributed by atoms with Crippen molar-refractivity contribution < 1.29 is 4.79 Å². The molecule has 2 unspecified atom stereocenters. The third-order valence-corrected chi connectivity index (χ3v) is 4.93. The van der Waals surface area contributed by atoms with Gasteiger partial charge in [-0.25, -0.2) is 0 Å². The van der Waals surface area contributed by atoms with Crippen molar-refractivity contribution in [1.29, 1.82) is 0 Å². The Hall–Kier alpha value is -1.41. The second kappa shape index (κ2) is 6.15. The Kier molecular flexibility index (Phi) is 4.25. The Bertz CT molecular complexity index is 516. The molecule has 0 saturated carbocycles. The summed E-state index contributed by atoms with van der Waals surface area (Å²) >= 11 is 0. The monoisotopic (exact) mass is 283 g/mol. The van der Waals surface area contributed by atoms with Gasteiger partial charge in [0.1, 0.15) is 0 Å². The molecule has 112 valence electrons. The zero-order chi connectivity index (χ0) is 14.8. The van der Waals surface area contributed by atoms with Crippen LogP contribution >= 0.6 is 0 Å². The number of hydrogen-bond donors (Lipinski definition) is 0. The highest BCUT2D eigenvalue weighted by Gasteiger charge is 2.42. The van der Waals surface area contributed by atoms with Crippen LogP contribution in [0.5, 0.6) is 0 Å². The molecule has 2 heterocycles. The number of allylic oxidation sites excluding steroid dienone is 2. The zero-order valence-electron chi connectivity index (χ0n) is 13.1. The predicted molar refractivity (Wildman–Crippen MR) is 86.0 cm³/mol. The molecule has 0 aliphatic carbocycles. The Labute approximate surface area is 127 Å². The minimum Gasteiger partial charge on any atom is -0.295 e. The number of piperidine rings is 1. The van der Waals surface area contributed by atoms with Crippen LogP contribution < -0.4 is 0 Å². The van der Waals surface area contributed by atoms with E-state index in [0.717, 1.165) is 25.0 Å². The minimum atomic E-state index is 0.254. The zero-order valence-corrected chi connectivity index (χ0v) is 13.1. The number of fused-ring (bicyclic) bond motifs is 2. The van der Waals surface area contributed by atoms with Crippen LogP contribution in [0.2, 0.25) is 0 Å². The maximum Gasteiger partial charge on any atom is 0.158 e. The van der Waals surface area contributed by atoms with E-state index in [1.807, 2.05) is 19.9 Å². The number of ketones is 1. The lowest BCUT2D eigenvalue weighted by Gasteiger charge is -2.38. The highest BCUT2D eigenvalue weighted by molar-refractivity contribution is 5.92. The maximum absolute atomic E-state index is 12.3. The summed E-state index contributed by atoms with van der Waals surface area (Å²) in [5.74, 6) is 0.607. The van der Waals surface area contributed by atoms with Gasteiger partial charge in [-0.05, 0) is 51.2 Å². The van der Waals surface area contributed by atoms with Crippen molar-refractivity contribution in [3.63, 3.8) is 0 Å². The Morgan fingerprint density at radius 3 is 2.33 bits per heavy atom. The lowest BCUT2D eigenvalue weighted by atomic mass is 9.86. The summed E-state index contributed by atoms with van der Waals surface area (Å²) in [5.41, 5.74) is 2.52. The van der Waals surface area contributed by atoms with Crippen molar-refractivity contribution in [2.75, 3.05) is 0 Å². The van der Waals surface area contributed by atoms with Crippen molar-refractivity contribution in [3.8, 4) is 0 Å². The predicted octanol–water partition coefficient (Wildman–Crippen LogP) is 3.96. The highest BCUT2D eigenvalue weighted by atomic mass is 16.1. The molecule has 1 aromatic carbocycles. The molecule has 0 radical (unpaired) electrons. The molecule has 2 bridgehead atoms. The molecule has 2 nitrogen and oxygen atoms in total. The van der Waals surface area contributed by atoms with Crippen LogP contribution in [0.15, 0.2) is 42.0 Å². The van der Waals surface area contributed by atoms with Gasteiger partial charge >= 0.3 is 0 Å². The van der Waals surface area contributed by atoms with Crippen molar-refractivity contribution in [3.05, 3.63) is 47.5 Å². The molecule has 1 aromatic rings. The molecule has 0 spiro atoms. The molecule has 2 fully saturated rings. The van der Waals surface area contributed by atoms with Crippen molar-refractivity contribution in [1.82, 2.24) is 4.90 Å². The fraction of sp³-hybridized carbons (Fsp3) is 0.526. The van der Waals surface area contributed by atoms with E-state index in [1.54, 1.807) is 0 Å².